The molecular weight excluding hydrogens is 284 g/mol. The summed E-state index contributed by atoms with van der Waals surface area (Å²) < 4.78 is 5.51. The Morgan fingerprint density at radius 2 is 2.38 bits per heavy atom. The van der Waals surface area contributed by atoms with Gasteiger partial charge in [0.05, 0.1) is 13.2 Å². The van der Waals surface area contributed by atoms with Crippen LogP contribution in [-0.2, 0) is 4.74 Å². The summed E-state index contributed by atoms with van der Waals surface area (Å²) in [5.74, 6) is 3.43. The first-order chi connectivity index (χ1) is 10.2. The molecule has 0 aliphatic carbocycles. The third-order valence-corrected chi connectivity index (χ3v) is 5.49. The minimum atomic E-state index is 0.489. The van der Waals surface area contributed by atoms with Gasteiger partial charge in [0.25, 0.3) is 0 Å². The second-order valence-electron chi connectivity index (χ2n) is 6.02. The Hall–Kier alpha value is -0.460. The minimum Gasteiger partial charge on any atom is -0.379 e. The van der Waals surface area contributed by atoms with Crippen LogP contribution in [-0.4, -0.2) is 73.8 Å². The van der Waals surface area contributed by atoms with Crippen molar-refractivity contribution in [3.05, 3.63) is 0 Å². The first-order valence-electron chi connectivity index (χ1n) is 8.09. The minimum absolute atomic E-state index is 0.489. The van der Waals surface area contributed by atoms with E-state index in [1.54, 1.807) is 0 Å². The fourth-order valence-electron chi connectivity index (χ4n) is 3.00. The highest BCUT2D eigenvalue weighted by Crippen LogP contribution is 2.16. The predicted octanol–water partition coefficient (Wildman–Crippen LogP) is 1.16. The molecule has 2 aliphatic rings. The standard InChI is InChI=1S/C15H30N4OS/c1-12(19-6-7-20-10-13(19)2)9-17-15(16-3)18-14-5-4-8-21-11-14/h12-14H,4-11H2,1-3H3,(H2,16,17,18). The first kappa shape index (κ1) is 16.9. The van der Waals surface area contributed by atoms with Crippen LogP contribution in [0.2, 0.25) is 0 Å². The number of nitrogens with one attached hydrogen (secondary N) is 2. The van der Waals surface area contributed by atoms with Crippen molar-refractivity contribution in [2.75, 3.05) is 44.9 Å². The highest BCUT2D eigenvalue weighted by Gasteiger charge is 2.23. The van der Waals surface area contributed by atoms with Crippen LogP contribution in [0.25, 0.3) is 0 Å². The van der Waals surface area contributed by atoms with Crippen molar-refractivity contribution in [2.45, 2.75) is 44.8 Å². The molecule has 2 N–H and O–H groups in total. The van der Waals surface area contributed by atoms with E-state index in [-0.39, 0.29) is 0 Å². The summed E-state index contributed by atoms with van der Waals surface area (Å²) in [6, 6.07) is 1.55. The Morgan fingerprint density at radius 1 is 1.52 bits per heavy atom. The Balaban J connectivity index is 1.74. The zero-order valence-electron chi connectivity index (χ0n) is 13.6. The summed E-state index contributed by atoms with van der Waals surface area (Å²) in [4.78, 5) is 6.87. The zero-order valence-corrected chi connectivity index (χ0v) is 14.4. The molecule has 3 atom stereocenters. The number of nitrogens with zero attached hydrogens (tertiary/aromatic N) is 2. The molecule has 0 amide bonds. The molecule has 6 heteroatoms. The Morgan fingerprint density at radius 3 is 3.05 bits per heavy atom. The van der Waals surface area contributed by atoms with Crippen LogP contribution in [0.4, 0.5) is 0 Å². The Kier molecular flexibility index (Phi) is 7.13. The Labute approximate surface area is 133 Å². The van der Waals surface area contributed by atoms with Crippen molar-refractivity contribution in [1.82, 2.24) is 15.5 Å². The number of rotatable bonds is 4. The van der Waals surface area contributed by atoms with E-state index in [1.165, 1.54) is 24.3 Å². The van der Waals surface area contributed by atoms with Gasteiger partial charge in [0.15, 0.2) is 5.96 Å². The van der Waals surface area contributed by atoms with Gasteiger partial charge >= 0.3 is 0 Å². The largest absolute Gasteiger partial charge is 0.379 e. The molecule has 0 aromatic carbocycles. The number of hydrogen-bond acceptors (Lipinski definition) is 4. The van der Waals surface area contributed by atoms with E-state index < -0.39 is 0 Å². The average Bonchev–Trinajstić information content (AvgIpc) is 2.52. The van der Waals surface area contributed by atoms with Crippen molar-refractivity contribution >= 4 is 17.7 Å². The van der Waals surface area contributed by atoms with E-state index >= 15 is 0 Å². The van der Waals surface area contributed by atoms with E-state index in [1.807, 2.05) is 18.8 Å². The third kappa shape index (κ3) is 5.34. The molecule has 21 heavy (non-hydrogen) atoms. The predicted molar refractivity (Wildman–Crippen MR) is 91.3 cm³/mol. The fraction of sp³-hybridized carbons (Fsp3) is 0.933. The number of morpholine rings is 1. The normalized spacial score (nSPS) is 30.0. The second kappa shape index (κ2) is 8.86. The van der Waals surface area contributed by atoms with E-state index in [9.17, 15) is 0 Å². The van der Waals surface area contributed by atoms with Crippen LogP contribution in [0.5, 0.6) is 0 Å². The van der Waals surface area contributed by atoms with Crippen LogP contribution in [0.15, 0.2) is 4.99 Å². The molecule has 2 heterocycles. The van der Waals surface area contributed by atoms with Gasteiger partial charge in [-0.05, 0) is 32.4 Å². The highest BCUT2D eigenvalue weighted by molar-refractivity contribution is 7.99. The lowest BCUT2D eigenvalue weighted by atomic mass is 10.2. The number of aliphatic imine (C=N–C) groups is 1. The van der Waals surface area contributed by atoms with Crippen LogP contribution in [0.3, 0.4) is 0 Å². The van der Waals surface area contributed by atoms with Crippen LogP contribution in [0, 0.1) is 0 Å². The smallest absolute Gasteiger partial charge is 0.191 e. The lowest BCUT2D eigenvalue weighted by Gasteiger charge is -2.38. The van der Waals surface area contributed by atoms with Crippen molar-refractivity contribution in [3.63, 3.8) is 0 Å². The van der Waals surface area contributed by atoms with Crippen molar-refractivity contribution < 1.29 is 4.74 Å². The van der Waals surface area contributed by atoms with Gasteiger partial charge < -0.3 is 15.4 Å². The summed E-state index contributed by atoms with van der Waals surface area (Å²) in [5, 5.41) is 7.03. The third-order valence-electron chi connectivity index (χ3n) is 4.27. The van der Waals surface area contributed by atoms with Gasteiger partial charge in [0.1, 0.15) is 0 Å². The molecule has 122 valence electrons. The van der Waals surface area contributed by atoms with E-state index in [2.05, 4.69) is 34.4 Å². The maximum atomic E-state index is 5.51. The average molecular weight is 314 g/mol. The van der Waals surface area contributed by atoms with Crippen molar-refractivity contribution in [1.29, 1.82) is 0 Å². The topological polar surface area (TPSA) is 48.9 Å². The SMILES string of the molecule is CN=C(NCC(C)N1CCOCC1C)NC1CCCSC1. The lowest BCUT2D eigenvalue weighted by Crippen LogP contribution is -2.54. The summed E-state index contributed by atoms with van der Waals surface area (Å²) in [6.07, 6.45) is 2.56. The molecule has 0 bridgehead atoms. The molecule has 2 saturated heterocycles. The highest BCUT2D eigenvalue weighted by atomic mass is 32.2. The Bertz CT molecular complexity index is 334. The second-order valence-corrected chi connectivity index (χ2v) is 7.17. The van der Waals surface area contributed by atoms with Crippen molar-refractivity contribution in [3.8, 4) is 0 Å². The van der Waals surface area contributed by atoms with Gasteiger partial charge in [0, 0.05) is 44.0 Å². The van der Waals surface area contributed by atoms with Crippen LogP contribution >= 0.6 is 11.8 Å². The molecule has 0 aromatic rings. The van der Waals surface area contributed by atoms with Crippen LogP contribution in [0.1, 0.15) is 26.7 Å². The molecule has 2 aliphatic heterocycles. The van der Waals surface area contributed by atoms with Gasteiger partial charge in [0.2, 0.25) is 0 Å². The molecule has 5 nitrogen and oxygen atoms in total. The number of thioether (sulfide) groups is 1. The molecule has 3 unspecified atom stereocenters. The lowest BCUT2D eigenvalue weighted by molar-refractivity contribution is -0.0174. The molecule has 0 spiro atoms. The maximum absolute atomic E-state index is 5.51. The van der Waals surface area contributed by atoms with Gasteiger partial charge in [-0.2, -0.15) is 11.8 Å². The van der Waals surface area contributed by atoms with Gasteiger partial charge in [-0.3, -0.25) is 9.89 Å². The first-order valence-corrected chi connectivity index (χ1v) is 9.24. The number of hydrogen-bond donors (Lipinski definition) is 2. The quantitative estimate of drug-likeness (QED) is 0.602. The molecule has 0 aromatic heterocycles. The molecule has 2 rings (SSSR count). The van der Waals surface area contributed by atoms with Gasteiger partial charge in [-0.15, -0.1) is 0 Å². The van der Waals surface area contributed by atoms with Crippen molar-refractivity contribution in [2.24, 2.45) is 4.99 Å². The summed E-state index contributed by atoms with van der Waals surface area (Å²) in [6.45, 7) is 8.15. The molecule has 0 saturated carbocycles. The summed E-state index contributed by atoms with van der Waals surface area (Å²) in [5.41, 5.74) is 0. The molecule has 0 radical (unpaired) electrons. The number of guanidine groups is 1. The van der Waals surface area contributed by atoms with Crippen LogP contribution < -0.4 is 10.6 Å². The molecular formula is C15H30N4OS. The maximum Gasteiger partial charge on any atom is 0.191 e. The van der Waals surface area contributed by atoms with E-state index in [4.69, 9.17) is 4.74 Å². The zero-order chi connectivity index (χ0) is 15.1. The number of ether oxygens (including phenoxy) is 1. The van der Waals surface area contributed by atoms with Gasteiger partial charge in [-0.25, -0.2) is 0 Å². The molecule has 2 fully saturated rings. The summed E-state index contributed by atoms with van der Waals surface area (Å²) >= 11 is 2.04. The van der Waals surface area contributed by atoms with Gasteiger partial charge in [-0.1, -0.05) is 0 Å². The van der Waals surface area contributed by atoms with E-state index in [0.29, 0.717) is 18.1 Å². The summed E-state index contributed by atoms with van der Waals surface area (Å²) in [7, 11) is 1.85. The fourth-order valence-corrected chi connectivity index (χ4v) is 4.07. The monoisotopic (exact) mass is 314 g/mol. The van der Waals surface area contributed by atoms with E-state index in [0.717, 1.165) is 32.3 Å².